The minimum absolute atomic E-state index is 0.000635. The quantitative estimate of drug-likeness (QED) is 0.917. The second-order valence-electron chi connectivity index (χ2n) is 6.32. The van der Waals surface area contributed by atoms with Gasteiger partial charge in [0, 0.05) is 36.4 Å². The van der Waals surface area contributed by atoms with E-state index >= 15 is 0 Å². The second-order valence-corrected chi connectivity index (χ2v) is 6.32. The van der Waals surface area contributed by atoms with E-state index in [1.807, 2.05) is 24.0 Å². The van der Waals surface area contributed by atoms with Gasteiger partial charge in [-0.15, -0.1) is 0 Å². The first kappa shape index (κ1) is 14.8. The molecule has 0 spiro atoms. The normalized spacial score (nSPS) is 17.0. The van der Waals surface area contributed by atoms with Crippen molar-refractivity contribution >= 4 is 23.1 Å². The van der Waals surface area contributed by atoms with Crippen molar-refractivity contribution in [2.75, 3.05) is 28.2 Å². The fourth-order valence-corrected chi connectivity index (χ4v) is 3.34. The van der Waals surface area contributed by atoms with E-state index in [1.165, 1.54) is 5.56 Å². The molecule has 1 aromatic carbocycles. The Morgan fingerprint density at radius 1 is 1.17 bits per heavy atom. The SMILES string of the molecule is C=C1CCc2ccc(N3CCN(c4cnccc4C)C3=O)cc2N1. The van der Waals surface area contributed by atoms with Crippen molar-refractivity contribution in [3.05, 3.63) is 60.1 Å². The van der Waals surface area contributed by atoms with Crippen LogP contribution >= 0.6 is 0 Å². The molecule has 0 aliphatic carbocycles. The number of rotatable bonds is 2. The monoisotopic (exact) mass is 320 g/mol. The van der Waals surface area contributed by atoms with Gasteiger partial charge in [-0.05, 0) is 49.1 Å². The van der Waals surface area contributed by atoms with E-state index in [0.29, 0.717) is 13.1 Å². The van der Waals surface area contributed by atoms with Crippen LogP contribution in [-0.2, 0) is 6.42 Å². The topological polar surface area (TPSA) is 48.5 Å². The average Bonchev–Trinajstić information content (AvgIpc) is 2.96. The number of aromatic nitrogens is 1. The molecule has 4 rings (SSSR count). The van der Waals surface area contributed by atoms with E-state index in [9.17, 15) is 4.79 Å². The van der Waals surface area contributed by atoms with Gasteiger partial charge in [0.1, 0.15) is 0 Å². The Bertz CT molecular complexity index is 830. The number of nitrogens with one attached hydrogen (secondary N) is 1. The number of hydrogen-bond donors (Lipinski definition) is 1. The first-order chi connectivity index (χ1) is 11.6. The van der Waals surface area contributed by atoms with Crippen molar-refractivity contribution in [3.8, 4) is 0 Å². The van der Waals surface area contributed by atoms with Crippen LogP contribution in [0.4, 0.5) is 21.9 Å². The van der Waals surface area contributed by atoms with E-state index in [0.717, 1.165) is 41.2 Å². The lowest BCUT2D eigenvalue weighted by atomic mass is 10.0. The number of hydrogen-bond acceptors (Lipinski definition) is 3. The van der Waals surface area contributed by atoms with Crippen molar-refractivity contribution in [3.63, 3.8) is 0 Å². The first-order valence-corrected chi connectivity index (χ1v) is 8.21. The molecule has 1 fully saturated rings. The molecule has 3 heterocycles. The van der Waals surface area contributed by atoms with E-state index in [-0.39, 0.29) is 6.03 Å². The lowest BCUT2D eigenvalue weighted by molar-refractivity contribution is 0.256. The highest BCUT2D eigenvalue weighted by Crippen LogP contribution is 2.32. The fraction of sp³-hybridized carbons (Fsp3) is 0.263. The Morgan fingerprint density at radius 2 is 2.00 bits per heavy atom. The summed E-state index contributed by atoms with van der Waals surface area (Å²) in [7, 11) is 0. The van der Waals surface area contributed by atoms with Crippen molar-refractivity contribution < 1.29 is 4.79 Å². The number of fused-ring (bicyclic) bond motifs is 1. The predicted molar refractivity (Wildman–Crippen MR) is 96.6 cm³/mol. The predicted octanol–water partition coefficient (Wildman–Crippen LogP) is 3.71. The average molecular weight is 320 g/mol. The van der Waals surface area contributed by atoms with Gasteiger partial charge in [-0.2, -0.15) is 0 Å². The molecular formula is C19H20N4O. The number of carbonyl (C=O) groups is 1. The van der Waals surface area contributed by atoms with Crippen molar-refractivity contribution in [2.24, 2.45) is 0 Å². The Kier molecular flexibility index (Phi) is 3.49. The molecular weight excluding hydrogens is 300 g/mol. The molecule has 1 saturated heterocycles. The largest absolute Gasteiger partial charge is 0.359 e. The maximum atomic E-state index is 12.9. The number of benzene rings is 1. The van der Waals surface area contributed by atoms with Crippen LogP contribution in [0, 0.1) is 6.92 Å². The first-order valence-electron chi connectivity index (χ1n) is 8.21. The molecule has 0 atom stereocenters. The minimum Gasteiger partial charge on any atom is -0.359 e. The van der Waals surface area contributed by atoms with Crippen molar-refractivity contribution in [2.45, 2.75) is 19.8 Å². The zero-order valence-electron chi connectivity index (χ0n) is 13.7. The molecule has 122 valence electrons. The molecule has 5 nitrogen and oxygen atoms in total. The van der Waals surface area contributed by atoms with Gasteiger partial charge in [0.15, 0.2) is 0 Å². The number of nitrogens with zero attached hydrogens (tertiary/aromatic N) is 3. The van der Waals surface area contributed by atoms with Crippen LogP contribution in [0.5, 0.6) is 0 Å². The van der Waals surface area contributed by atoms with Gasteiger partial charge in [-0.25, -0.2) is 4.79 Å². The van der Waals surface area contributed by atoms with Crippen LogP contribution in [0.2, 0.25) is 0 Å². The second kappa shape index (κ2) is 5.67. The van der Waals surface area contributed by atoms with Gasteiger partial charge in [-0.1, -0.05) is 12.6 Å². The Labute approximate surface area is 141 Å². The number of pyridine rings is 1. The molecule has 0 saturated carbocycles. The summed E-state index contributed by atoms with van der Waals surface area (Å²) in [6.07, 6.45) is 5.47. The molecule has 2 aliphatic rings. The van der Waals surface area contributed by atoms with Gasteiger partial charge in [0.2, 0.25) is 0 Å². The number of urea groups is 1. The fourth-order valence-electron chi connectivity index (χ4n) is 3.34. The summed E-state index contributed by atoms with van der Waals surface area (Å²) in [5, 5.41) is 3.33. The van der Waals surface area contributed by atoms with Gasteiger partial charge >= 0.3 is 6.03 Å². The zero-order valence-corrected chi connectivity index (χ0v) is 13.7. The molecule has 2 aromatic rings. The third kappa shape index (κ3) is 2.42. The molecule has 1 N–H and O–H groups in total. The Balaban J connectivity index is 1.62. The summed E-state index contributed by atoms with van der Waals surface area (Å²) in [5.74, 6) is 0. The molecule has 0 radical (unpaired) electrons. The van der Waals surface area contributed by atoms with Crippen LogP contribution in [-0.4, -0.2) is 24.1 Å². The van der Waals surface area contributed by atoms with E-state index < -0.39 is 0 Å². The smallest absolute Gasteiger partial charge is 0.329 e. The standard InChI is InChI=1S/C19H20N4O/c1-13-7-8-20-12-18(13)23-10-9-22(19(23)24)16-6-5-15-4-3-14(2)21-17(15)11-16/h5-8,11-12,21H,2-4,9-10H2,1H3. The third-order valence-electron chi connectivity index (χ3n) is 4.72. The Morgan fingerprint density at radius 3 is 2.83 bits per heavy atom. The zero-order chi connectivity index (χ0) is 16.7. The van der Waals surface area contributed by atoms with E-state index in [1.54, 1.807) is 17.3 Å². The lowest BCUT2D eigenvalue weighted by Gasteiger charge is -2.24. The maximum Gasteiger partial charge on any atom is 0.329 e. The van der Waals surface area contributed by atoms with Gasteiger partial charge < -0.3 is 5.32 Å². The molecule has 5 heteroatoms. The number of amides is 2. The third-order valence-corrected chi connectivity index (χ3v) is 4.72. The molecule has 0 bridgehead atoms. The summed E-state index contributed by atoms with van der Waals surface area (Å²) in [6, 6.07) is 8.12. The highest BCUT2D eigenvalue weighted by Gasteiger charge is 2.32. The molecule has 0 unspecified atom stereocenters. The lowest BCUT2D eigenvalue weighted by Crippen LogP contribution is -2.32. The molecule has 2 aliphatic heterocycles. The van der Waals surface area contributed by atoms with Gasteiger partial charge in [-0.3, -0.25) is 14.8 Å². The maximum absolute atomic E-state index is 12.9. The van der Waals surface area contributed by atoms with Crippen LogP contribution in [0.25, 0.3) is 0 Å². The van der Waals surface area contributed by atoms with E-state index in [2.05, 4.69) is 29.0 Å². The Hall–Kier alpha value is -2.82. The van der Waals surface area contributed by atoms with Gasteiger partial charge in [0.25, 0.3) is 0 Å². The highest BCUT2D eigenvalue weighted by molar-refractivity contribution is 6.06. The molecule has 24 heavy (non-hydrogen) atoms. The van der Waals surface area contributed by atoms with Crippen LogP contribution in [0.3, 0.4) is 0 Å². The number of anilines is 3. The summed E-state index contributed by atoms with van der Waals surface area (Å²) < 4.78 is 0. The van der Waals surface area contributed by atoms with Crippen LogP contribution < -0.4 is 15.1 Å². The number of carbonyl (C=O) groups excluding carboxylic acids is 1. The highest BCUT2D eigenvalue weighted by atomic mass is 16.2. The van der Waals surface area contributed by atoms with E-state index in [4.69, 9.17) is 0 Å². The summed E-state index contributed by atoms with van der Waals surface area (Å²) in [4.78, 5) is 20.7. The number of aryl methyl sites for hydroxylation is 2. The van der Waals surface area contributed by atoms with Gasteiger partial charge in [0.05, 0.1) is 11.9 Å². The minimum atomic E-state index is 0.000635. The van der Waals surface area contributed by atoms with Crippen LogP contribution in [0.1, 0.15) is 17.5 Å². The molecule has 2 amide bonds. The van der Waals surface area contributed by atoms with Crippen molar-refractivity contribution in [1.29, 1.82) is 0 Å². The summed E-state index contributed by atoms with van der Waals surface area (Å²) in [6.45, 7) is 7.35. The molecule has 1 aromatic heterocycles. The number of allylic oxidation sites excluding steroid dienone is 1. The summed E-state index contributed by atoms with van der Waals surface area (Å²) in [5.41, 5.74) is 6.23. The van der Waals surface area contributed by atoms with Crippen LogP contribution in [0.15, 0.2) is 48.9 Å². The van der Waals surface area contributed by atoms with Crippen molar-refractivity contribution in [1.82, 2.24) is 4.98 Å². The summed E-state index contributed by atoms with van der Waals surface area (Å²) >= 11 is 0.